The van der Waals surface area contributed by atoms with E-state index in [1.54, 1.807) is 43.3 Å². The molecule has 0 radical (unpaired) electrons. The summed E-state index contributed by atoms with van der Waals surface area (Å²) in [6.07, 6.45) is -0.761. The molecule has 0 saturated carbocycles. The van der Waals surface area contributed by atoms with Gasteiger partial charge in [0, 0.05) is 17.1 Å². The highest BCUT2D eigenvalue weighted by molar-refractivity contribution is 6.30. The monoisotopic (exact) mass is 443 g/mol. The number of carbonyl (C=O) groups is 2. The molecule has 1 aromatic heterocycles. The van der Waals surface area contributed by atoms with Crippen molar-refractivity contribution in [3.05, 3.63) is 70.6 Å². The standard InChI is InChI=1S/C22H21ClN2O6/c1-14-19(24-21(31-14)16-6-8-17(23)9-7-16)13-30-18-5-3-4-15(10-18)11-25(12-20(26)27)22(28)29-2/h3-10H,11-13H2,1-2H3,(H,26,27)/p-1. The maximum Gasteiger partial charge on any atom is 0.410 e. The lowest BCUT2D eigenvalue weighted by atomic mass is 10.2. The van der Waals surface area contributed by atoms with E-state index in [-0.39, 0.29) is 13.2 Å². The third-order valence-electron chi connectivity index (χ3n) is 4.38. The fourth-order valence-corrected chi connectivity index (χ4v) is 2.98. The first-order chi connectivity index (χ1) is 14.9. The summed E-state index contributed by atoms with van der Waals surface area (Å²) in [6, 6.07) is 14.1. The van der Waals surface area contributed by atoms with Gasteiger partial charge in [-0.2, -0.15) is 0 Å². The number of carbonyl (C=O) groups excluding carboxylic acids is 2. The Bertz CT molecular complexity index is 1060. The third-order valence-corrected chi connectivity index (χ3v) is 4.64. The molecule has 3 rings (SSSR count). The fraction of sp³-hybridized carbons (Fsp3) is 0.227. The van der Waals surface area contributed by atoms with Crippen molar-refractivity contribution in [2.75, 3.05) is 13.7 Å². The molecule has 0 saturated heterocycles. The Morgan fingerprint density at radius 3 is 2.61 bits per heavy atom. The van der Waals surface area contributed by atoms with Gasteiger partial charge in [-0.05, 0) is 48.9 Å². The average Bonchev–Trinajstić information content (AvgIpc) is 3.12. The minimum atomic E-state index is -1.38. The highest BCUT2D eigenvalue weighted by Crippen LogP contribution is 2.24. The summed E-state index contributed by atoms with van der Waals surface area (Å²) in [5, 5.41) is 11.5. The van der Waals surface area contributed by atoms with Gasteiger partial charge in [-0.25, -0.2) is 9.78 Å². The largest absolute Gasteiger partial charge is 0.548 e. The number of aromatic nitrogens is 1. The van der Waals surface area contributed by atoms with Gasteiger partial charge in [-0.15, -0.1) is 0 Å². The summed E-state index contributed by atoms with van der Waals surface area (Å²) in [6.45, 7) is 1.42. The normalized spacial score (nSPS) is 10.5. The van der Waals surface area contributed by atoms with Crippen LogP contribution < -0.4 is 9.84 Å². The summed E-state index contributed by atoms with van der Waals surface area (Å²) in [5.74, 6) is 0.256. The number of carboxylic acid groups (broad SMARTS) is 1. The molecule has 2 aromatic carbocycles. The minimum Gasteiger partial charge on any atom is -0.548 e. The van der Waals surface area contributed by atoms with Gasteiger partial charge in [0.1, 0.15) is 23.8 Å². The van der Waals surface area contributed by atoms with E-state index in [9.17, 15) is 14.7 Å². The third kappa shape index (κ3) is 5.99. The van der Waals surface area contributed by atoms with E-state index in [0.717, 1.165) is 10.5 Å². The molecule has 1 amide bonds. The number of benzene rings is 2. The SMILES string of the molecule is COC(=O)N(CC(=O)[O-])Cc1cccc(OCc2nc(-c3ccc(Cl)cc3)oc2C)c1. The molecule has 0 aliphatic heterocycles. The van der Waals surface area contributed by atoms with Gasteiger partial charge in [-0.3, -0.25) is 4.90 Å². The summed E-state index contributed by atoms with van der Waals surface area (Å²) in [4.78, 5) is 28.2. The number of rotatable bonds is 8. The summed E-state index contributed by atoms with van der Waals surface area (Å²) in [7, 11) is 1.18. The molecular formula is C22H20ClN2O6-. The van der Waals surface area contributed by atoms with Crippen LogP contribution >= 0.6 is 11.6 Å². The number of hydrogen-bond donors (Lipinski definition) is 0. The minimum absolute atomic E-state index is 0.0293. The topological polar surface area (TPSA) is 105 Å². The van der Waals surface area contributed by atoms with Crippen LogP contribution in [0.5, 0.6) is 5.75 Å². The average molecular weight is 444 g/mol. The second-order valence-electron chi connectivity index (χ2n) is 6.66. The molecule has 0 unspecified atom stereocenters. The van der Waals surface area contributed by atoms with E-state index in [2.05, 4.69) is 9.72 Å². The van der Waals surface area contributed by atoms with Crippen LogP contribution in [0.2, 0.25) is 5.02 Å². The van der Waals surface area contributed by atoms with Crippen LogP contribution in [0.3, 0.4) is 0 Å². The molecule has 9 heteroatoms. The van der Waals surface area contributed by atoms with Crippen molar-refractivity contribution >= 4 is 23.7 Å². The van der Waals surface area contributed by atoms with E-state index in [4.69, 9.17) is 20.8 Å². The predicted molar refractivity (Wildman–Crippen MR) is 110 cm³/mol. The van der Waals surface area contributed by atoms with Crippen LogP contribution in [-0.2, 0) is 22.7 Å². The zero-order valence-electron chi connectivity index (χ0n) is 17.0. The van der Waals surface area contributed by atoms with Gasteiger partial charge in [0.2, 0.25) is 5.89 Å². The van der Waals surface area contributed by atoms with Crippen molar-refractivity contribution in [2.24, 2.45) is 0 Å². The van der Waals surface area contributed by atoms with Crippen molar-refractivity contribution in [2.45, 2.75) is 20.1 Å². The number of carboxylic acids is 1. The van der Waals surface area contributed by atoms with Crippen molar-refractivity contribution < 1.29 is 28.6 Å². The Morgan fingerprint density at radius 1 is 1.19 bits per heavy atom. The van der Waals surface area contributed by atoms with E-state index in [1.807, 2.05) is 12.1 Å². The zero-order chi connectivity index (χ0) is 22.4. The number of halogens is 1. The molecule has 31 heavy (non-hydrogen) atoms. The molecule has 0 bridgehead atoms. The van der Waals surface area contributed by atoms with Crippen molar-refractivity contribution in [3.8, 4) is 17.2 Å². The van der Waals surface area contributed by atoms with Crippen LogP contribution in [-0.4, -0.2) is 35.6 Å². The Kier molecular flexibility index (Phi) is 7.15. The van der Waals surface area contributed by atoms with E-state index >= 15 is 0 Å². The molecule has 3 aromatic rings. The Hall–Kier alpha value is -3.52. The van der Waals surface area contributed by atoms with Crippen LogP contribution in [0.25, 0.3) is 11.5 Å². The molecule has 0 aliphatic rings. The molecule has 162 valence electrons. The molecule has 0 fully saturated rings. The second-order valence-corrected chi connectivity index (χ2v) is 7.10. The highest BCUT2D eigenvalue weighted by atomic mass is 35.5. The summed E-state index contributed by atoms with van der Waals surface area (Å²) in [5.41, 5.74) is 2.11. The maximum absolute atomic E-state index is 11.8. The Balaban J connectivity index is 1.68. The lowest BCUT2D eigenvalue weighted by molar-refractivity contribution is -0.306. The van der Waals surface area contributed by atoms with Gasteiger partial charge in [-0.1, -0.05) is 23.7 Å². The lowest BCUT2D eigenvalue weighted by Crippen LogP contribution is -2.41. The first kappa shape index (κ1) is 22.2. The van der Waals surface area contributed by atoms with E-state index < -0.39 is 18.6 Å². The molecule has 8 nitrogen and oxygen atoms in total. The highest BCUT2D eigenvalue weighted by Gasteiger charge is 2.15. The van der Waals surface area contributed by atoms with Crippen LogP contribution in [0.1, 0.15) is 17.0 Å². The number of methoxy groups -OCH3 is 1. The molecular weight excluding hydrogens is 424 g/mol. The fourth-order valence-electron chi connectivity index (χ4n) is 2.85. The number of aryl methyl sites for hydroxylation is 1. The lowest BCUT2D eigenvalue weighted by Gasteiger charge is -2.21. The second kappa shape index (κ2) is 9.99. The van der Waals surface area contributed by atoms with Gasteiger partial charge in [0.15, 0.2) is 0 Å². The number of hydrogen-bond acceptors (Lipinski definition) is 7. The number of nitrogens with zero attached hydrogens (tertiary/aromatic N) is 2. The van der Waals surface area contributed by atoms with E-state index in [1.165, 1.54) is 7.11 Å². The summed E-state index contributed by atoms with van der Waals surface area (Å²) < 4.78 is 16.2. The first-order valence-corrected chi connectivity index (χ1v) is 9.70. The number of amides is 1. The van der Waals surface area contributed by atoms with Crippen molar-refractivity contribution in [3.63, 3.8) is 0 Å². The molecule has 0 aliphatic carbocycles. The van der Waals surface area contributed by atoms with Crippen LogP contribution in [0.15, 0.2) is 52.9 Å². The van der Waals surface area contributed by atoms with Crippen molar-refractivity contribution in [1.82, 2.24) is 9.88 Å². The quantitative estimate of drug-likeness (QED) is 0.526. The summed E-state index contributed by atoms with van der Waals surface area (Å²) >= 11 is 5.92. The molecule has 0 spiro atoms. The van der Waals surface area contributed by atoms with Crippen LogP contribution in [0, 0.1) is 6.92 Å². The Morgan fingerprint density at radius 2 is 1.94 bits per heavy atom. The smallest absolute Gasteiger partial charge is 0.410 e. The molecule has 1 heterocycles. The van der Waals surface area contributed by atoms with Gasteiger partial charge >= 0.3 is 6.09 Å². The number of aliphatic carboxylic acids is 1. The molecule has 0 N–H and O–H groups in total. The first-order valence-electron chi connectivity index (χ1n) is 9.32. The van der Waals surface area contributed by atoms with Gasteiger partial charge in [0.25, 0.3) is 0 Å². The maximum atomic E-state index is 11.8. The molecule has 0 atom stereocenters. The van der Waals surface area contributed by atoms with Gasteiger partial charge in [0.05, 0.1) is 19.6 Å². The van der Waals surface area contributed by atoms with Gasteiger partial charge < -0.3 is 23.8 Å². The Labute approximate surface area is 184 Å². The predicted octanol–water partition coefficient (Wildman–Crippen LogP) is 3.20. The van der Waals surface area contributed by atoms with Crippen LogP contribution in [0.4, 0.5) is 4.79 Å². The van der Waals surface area contributed by atoms with E-state index in [0.29, 0.717) is 33.7 Å². The number of ether oxygens (including phenoxy) is 2. The number of oxazole rings is 1. The zero-order valence-corrected chi connectivity index (χ0v) is 17.7. The van der Waals surface area contributed by atoms with Crippen molar-refractivity contribution in [1.29, 1.82) is 0 Å².